The molecule has 16 heavy (non-hydrogen) atoms. The minimum Gasteiger partial charge on any atom is -0.394 e. The summed E-state index contributed by atoms with van der Waals surface area (Å²) in [6.07, 6.45) is -3.10. The van der Waals surface area contributed by atoms with Gasteiger partial charge >= 0.3 is 0 Å². The maximum atomic E-state index is 10.4. The molecule has 1 aliphatic heterocycles. The minimum absolute atomic E-state index is 0.0497. The fourth-order valence-corrected chi connectivity index (χ4v) is 1.99. The summed E-state index contributed by atoms with van der Waals surface area (Å²) < 4.78 is 5.46. The van der Waals surface area contributed by atoms with Crippen LogP contribution in [0, 0.1) is 5.92 Å². The highest BCUT2D eigenvalue weighted by molar-refractivity contribution is 5.47. The molecule has 0 radical (unpaired) electrons. The second-order valence-electron chi connectivity index (χ2n) is 4.36. The van der Waals surface area contributed by atoms with Crippen LogP contribution in [0.2, 0.25) is 0 Å². The Balaban J connectivity index is 2.83. The monoisotopic (exact) mass is 233 g/mol. The van der Waals surface area contributed by atoms with Crippen LogP contribution in [0.25, 0.3) is 0 Å². The van der Waals surface area contributed by atoms with Gasteiger partial charge in [0, 0.05) is 0 Å². The molecular weight excluding hydrogens is 214 g/mol. The number of carbonyl (C=O) groups is 1. The highest BCUT2D eigenvalue weighted by Crippen LogP contribution is 2.25. The first-order valence-corrected chi connectivity index (χ1v) is 5.35. The van der Waals surface area contributed by atoms with Crippen molar-refractivity contribution in [2.75, 3.05) is 6.61 Å². The van der Waals surface area contributed by atoms with E-state index in [-0.39, 0.29) is 12.5 Å². The zero-order valence-corrected chi connectivity index (χ0v) is 9.41. The van der Waals surface area contributed by atoms with E-state index in [1.54, 1.807) is 0 Å². The molecule has 5 unspecified atom stereocenters. The minimum atomic E-state index is -1.20. The molecule has 0 aromatic carbocycles. The van der Waals surface area contributed by atoms with E-state index in [0.29, 0.717) is 6.41 Å². The molecule has 0 bridgehead atoms. The Bertz CT molecular complexity index is 235. The van der Waals surface area contributed by atoms with Crippen molar-refractivity contribution in [2.24, 2.45) is 5.92 Å². The van der Waals surface area contributed by atoms with E-state index >= 15 is 0 Å². The van der Waals surface area contributed by atoms with Crippen LogP contribution in [-0.2, 0) is 9.53 Å². The Hall–Kier alpha value is -0.690. The quantitative estimate of drug-likeness (QED) is 0.431. The molecule has 0 aromatic rings. The Morgan fingerprint density at radius 3 is 2.44 bits per heavy atom. The standard InChI is InChI=1S/C10H19NO5/c1-5(2)10-7(11-4-13)9(15)8(14)6(3-12)16-10/h4-10,12,14-15H,3H2,1-2H3,(H,11,13). The van der Waals surface area contributed by atoms with Gasteiger partial charge in [-0.05, 0) is 5.92 Å². The van der Waals surface area contributed by atoms with Crippen molar-refractivity contribution in [3.05, 3.63) is 0 Å². The van der Waals surface area contributed by atoms with Gasteiger partial charge in [-0.15, -0.1) is 0 Å². The number of hydrogen-bond donors (Lipinski definition) is 4. The molecule has 1 amide bonds. The van der Waals surface area contributed by atoms with Gasteiger partial charge in [0.1, 0.15) is 18.3 Å². The topological polar surface area (TPSA) is 99.0 Å². The van der Waals surface area contributed by atoms with E-state index in [1.807, 2.05) is 13.8 Å². The van der Waals surface area contributed by atoms with Gasteiger partial charge in [0.05, 0.1) is 18.8 Å². The van der Waals surface area contributed by atoms with Crippen LogP contribution in [0.5, 0.6) is 0 Å². The summed E-state index contributed by atoms with van der Waals surface area (Å²) in [6, 6.07) is -0.657. The molecule has 1 fully saturated rings. The Morgan fingerprint density at radius 2 is 2.00 bits per heavy atom. The van der Waals surface area contributed by atoms with Gasteiger partial charge in [0.25, 0.3) is 0 Å². The van der Waals surface area contributed by atoms with E-state index < -0.39 is 30.5 Å². The third-order valence-electron chi connectivity index (χ3n) is 2.88. The number of aliphatic hydroxyl groups excluding tert-OH is 3. The number of ether oxygens (including phenoxy) is 1. The third-order valence-corrected chi connectivity index (χ3v) is 2.88. The van der Waals surface area contributed by atoms with Gasteiger partial charge in [-0.1, -0.05) is 13.8 Å². The molecule has 1 aliphatic rings. The summed E-state index contributed by atoms with van der Waals surface area (Å²) in [7, 11) is 0. The smallest absolute Gasteiger partial charge is 0.207 e. The molecule has 1 heterocycles. The molecule has 94 valence electrons. The predicted molar refractivity (Wildman–Crippen MR) is 55.6 cm³/mol. The summed E-state index contributed by atoms with van der Waals surface area (Å²) in [6.45, 7) is 3.39. The van der Waals surface area contributed by atoms with Gasteiger partial charge in [-0.3, -0.25) is 4.79 Å². The van der Waals surface area contributed by atoms with E-state index in [2.05, 4.69) is 5.32 Å². The largest absolute Gasteiger partial charge is 0.394 e. The van der Waals surface area contributed by atoms with Gasteiger partial charge in [-0.25, -0.2) is 0 Å². The van der Waals surface area contributed by atoms with Crippen molar-refractivity contribution in [1.82, 2.24) is 5.32 Å². The third kappa shape index (κ3) is 2.52. The number of aliphatic hydroxyl groups is 3. The number of amides is 1. The molecular formula is C10H19NO5. The molecule has 0 aromatic heterocycles. The maximum Gasteiger partial charge on any atom is 0.207 e. The first kappa shape index (κ1) is 13.4. The molecule has 0 spiro atoms. The van der Waals surface area contributed by atoms with Crippen LogP contribution in [0.1, 0.15) is 13.8 Å². The fraction of sp³-hybridized carbons (Fsp3) is 0.900. The van der Waals surface area contributed by atoms with Crippen LogP contribution >= 0.6 is 0 Å². The van der Waals surface area contributed by atoms with E-state index in [9.17, 15) is 15.0 Å². The van der Waals surface area contributed by atoms with Crippen molar-refractivity contribution in [3.8, 4) is 0 Å². The van der Waals surface area contributed by atoms with Gasteiger partial charge < -0.3 is 25.4 Å². The normalized spacial score (nSPS) is 39.8. The van der Waals surface area contributed by atoms with E-state index in [0.717, 1.165) is 0 Å². The van der Waals surface area contributed by atoms with Gasteiger partial charge in [0.2, 0.25) is 6.41 Å². The number of rotatable bonds is 4. The number of carbonyl (C=O) groups excluding carboxylic acids is 1. The summed E-state index contributed by atoms with van der Waals surface area (Å²) in [5, 5.41) is 30.9. The Morgan fingerprint density at radius 1 is 1.38 bits per heavy atom. The molecule has 0 saturated carbocycles. The molecule has 5 atom stereocenters. The summed E-state index contributed by atoms with van der Waals surface area (Å²) >= 11 is 0. The van der Waals surface area contributed by atoms with Crippen LogP contribution in [0.3, 0.4) is 0 Å². The lowest BCUT2D eigenvalue weighted by molar-refractivity contribution is -0.203. The maximum absolute atomic E-state index is 10.4. The van der Waals surface area contributed by atoms with Crippen LogP contribution < -0.4 is 5.32 Å². The van der Waals surface area contributed by atoms with Crippen molar-refractivity contribution >= 4 is 6.41 Å². The first-order chi connectivity index (χ1) is 7.52. The summed E-state index contributed by atoms with van der Waals surface area (Å²) in [5.41, 5.74) is 0. The van der Waals surface area contributed by atoms with Crippen LogP contribution in [-0.4, -0.2) is 58.8 Å². The second kappa shape index (κ2) is 5.58. The Labute approximate surface area is 94.2 Å². The molecule has 6 nitrogen and oxygen atoms in total. The van der Waals surface area contributed by atoms with Crippen molar-refractivity contribution in [1.29, 1.82) is 0 Å². The Kier molecular flexibility index (Phi) is 4.67. The predicted octanol–water partition coefficient (Wildman–Crippen LogP) is -1.76. The lowest BCUT2D eigenvalue weighted by Gasteiger charge is -2.43. The summed E-state index contributed by atoms with van der Waals surface area (Å²) in [5.74, 6) is 0.0497. The molecule has 1 rings (SSSR count). The average Bonchev–Trinajstić information content (AvgIpc) is 2.25. The lowest BCUT2D eigenvalue weighted by Crippen LogP contribution is -2.64. The molecule has 1 saturated heterocycles. The van der Waals surface area contributed by atoms with Crippen molar-refractivity contribution in [3.63, 3.8) is 0 Å². The van der Waals surface area contributed by atoms with Gasteiger partial charge in [-0.2, -0.15) is 0 Å². The lowest BCUT2D eigenvalue weighted by atomic mass is 9.87. The zero-order chi connectivity index (χ0) is 12.3. The molecule has 4 N–H and O–H groups in total. The van der Waals surface area contributed by atoms with E-state index in [1.165, 1.54) is 0 Å². The first-order valence-electron chi connectivity index (χ1n) is 5.35. The number of nitrogens with one attached hydrogen (secondary N) is 1. The van der Waals surface area contributed by atoms with Crippen LogP contribution in [0.4, 0.5) is 0 Å². The van der Waals surface area contributed by atoms with Crippen molar-refractivity contribution in [2.45, 2.75) is 44.3 Å². The molecule has 0 aliphatic carbocycles. The summed E-state index contributed by atoms with van der Waals surface area (Å²) in [4.78, 5) is 10.4. The highest BCUT2D eigenvalue weighted by Gasteiger charge is 2.44. The van der Waals surface area contributed by atoms with E-state index in [4.69, 9.17) is 9.84 Å². The fourth-order valence-electron chi connectivity index (χ4n) is 1.99. The average molecular weight is 233 g/mol. The second-order valence-corrected chi connectivity index (χ2v) is 4.36. The SMILES string of the molecule is CC(C)C1OC(CO)C(O)C(O)C1NC=O. The zero-order valence-electron chi connectivity index (χ0n) is 9.41. The van der Waals surface area contributed by atoms with Crippen LogP contribution in [0.15, 0.2) is 0 Å². The van der Waals surface area contributed by atoms with Gasteiger partial charge in [0.15, 0.2) is 0 Å². The number of hydrogen-bond acceptors (Lipinski definition) is 5. The molecule has 6 heteroatoms. The van der Waals surface area contributed by atoms with Crippen molar-refractivity contribution < 1.29 is 24.9 Å². The highest BCUT2D eigenvalue weighted by atomic mass is 16.5.